The second-order valence-electron chi connectivity index (χ2n) is 8.36. The molecule has 1 fully saturated rings. The summed E-state index contributed by atoms with van der Waals surface area (Å²) in [6, 6.07) is 8.82. The van der Waals surface area contributed by atoms with Crippen LogP contribution in [0.3, 0.4) is 0 Å². The number of anilines is 1. The van der Waals surface area contributed by atoms with Crippen molar-refractivity contribution >= 4 is 11.6 Å². The van der Waals surface area contributed by atoms with Gasteiger partial charge in [-0.3, -0.25) is 19.4 Å². The molecule has 3 aromatic rings. The number of aliphatic hydroxyl groups excluding tert-OH is 1. The van der Waals surface area contributed by atoms with Crippen molar-refractivity contribution < 1.29 is 27.8 Å². The van der Waals surface area contributed by atoms with Gasteiger partial charge in [0.15, 0.2) is 0 Å². The quantitative estimate of drug-likeness (QED) is 0.527. The maximum atomic E-state index is 12.7. The molecule has 8 nitrogen and oxygen atoms in total. The molecule has 1 amide bonds. The molecule has 0 atom stereocenters. The van der Waals surface area contributed by atoms with Gasteiger partial charge in [0.25, 0.3) is 5.91 Å². The van der Waals surface area contributed by atoms with Crippen molar-refractivity contribution in [3.63, 3.8) is 0 Å². The zero-order valence-corrected chi connectivity index (χ0v) is 19.1. The molecule has 35 heavy (non-hydrogen) atoms. The van der Waals surface area contributed by atoms with Gasteiger partial charge in [0.05, 0.1) is 17.4 Å². The van der Waals surface area contributed by atoms with Crippen molar-refractivity contribution in [3.8, 4) is 17.0 Å². The van der Waals surface area contributed by atoms with E-state index in [2.05, 4.69) is 20.3 Å². The molecule has 2 aromatic heterocycles. The third-order valence-corrected chi connectivity index (χ3v) is 5.87. The molecule has 186 valence electrons. The summed E-state index contributed by atoms with van der Waals surface area (Å²) in [7, 11) is 1.79. The third-order valence-electron chi connectivity index (χ3n) is 5.87. The number of aromatic nitrogens is 3. The second-order valence-corrected chi connectivity index (χ2v) is 8.36. The number of halogens is 3. The molecule has 11 heteroatoms. The van der Waals surface area contributed by atoms with Crippen LogP contribution in [0.25, 0.3) is 11.3 Å². The van der Waals surface area contributed by atoms with Crippen molar-refractivity contribution in [1.29, 1.82) is 0 Å². The number of nitrogens with one attached hydrogen (secondary N) is 1. The minimum absolute atomic E-state index is 0.00654. The fraction of sp³-hybridized carbons (Fsp3) is 0.375. The highest BCUT2D eigenvalue weighted by molar-refractivity contribution is 6.04. The summed E-state index contributed by atoms with van der Waals surface area (Å²) in [5, 5.41) is 16.6. The summed E-state index contributed by atoms with van der Waals surface area (Å²) in [4.78, 5) is 18.2. The Morgan fingerprint density at radius 2 is 1.97 bits per heavy atom. The molecular formula is C24H26F3N5O3. The Morgan fingerprint density at radius 3 is 2.60 bits per heavy atom. The number of carbonyl (C=O) groups excluding carboxylic acids is 1. The lowest BCUT2D eigenvalue weighted by Crippen LogP contribution is -2.38. The highest BCUT2D eigenvalue weighted by atomic mass is 19.4. The number of carbonyl (C=O) groups is 1. The number of pyridine rings is 1. The Labute approximate surface area is 200 Å². The van der Waals surface area contributed by atoms with Crippen LogP contribution in [0, 0.1) is 0 Å². The van der Waals surface area contributed by atoms with Gasteiger partial charge in [-0.05, 0) is 49.2 Å². The standard InChI is InChI=1S/C24H26F3N5O3/c1-31-20(6-9-29-31)19-14-17(30-23(34)16-2-5-22(28-15-16)24(25,26)27)3-4-21(19)35-13-12-32-10-7-18(33)8-11-32/h2-6,9,14-15,18,33H,7-8,10-13H2,1H3,(H,30,34). The average molecular weight is 489 g/mol. The fourth-order valence-corrected chi connectivity index (χ4v) is 3.90. The Hall–Kier alpha value is -3.44. The first-order valence-corrected chi connectivity index (χ1v) is 11.2. The monoisotopic (exact) mass is 489 g/mol. The SMILES string of the molecule is Cn1nccc1-c1cc(NC(=O)c2ccc(C(F)(F)F)nc2)ccc1OCCN1CCC(O)CC1. The molecule has 1 saturated heterocycles. The van der Waals surface area contributed by atoms with Gasteiger partial charge in [-0.25, -0.2) is 0 Å². The molecule has 0 radical (unpaired) electrons. The summed E-state index contributed by atoms with van der Waals surface area (Å²) in [6.45, 7) is 2.81. The van der Waals surface area contributed by atoms with Gasteiger partial charge in [-0.1, -0.05) is 0 Å². The van der Waals surface area contributed by atoms with Crippen LogP contribution in [0.15, 0.2) is 48.8 Å². The topological polar surface area (TPSA) is 92.5 Å². The zero-order valence-electron chi connectivity index (χ0n) is 19.1. The van der Waals surface area contributed by atoms with Gasteiger partial charge < -0.3 is 15.2 Å². The number of alkyl halides is 3. The number of aliphatic hydroxyl groups is 1. The first-order chi connectivity index (χ1) is 16.7. The Kier molecular flexibility index (Phi) is 7.37. The van der Waals surface area contributed by atoms with Crippen molar-refractivity contribution in [3.05, 3.63) is 60.0 Å². The van der Waals surface area contributed by atoms with E-state index in [9.17, 15) is 23.1 Å². The highest BCUT2D eigenvalue weighted by Gasteiger charge is 2.32. The van der Waals surface area contributed by atoms with E-state index >= 15 is 0 Å². The maximum Gasteiger partial charge on any atom is 0.433 e. The van der Waals surface area contributed by atoms with Crippen LogP contribution < -0.4 is 10.1 Å². The van der Waals surface area contributed by atoms with E-state index in [4.69, 9.17) is 4.74 Å². The molecule has 0 bridgehead atoms. The minimum Gasteiger partial charge on any atom is -0.492 e. The zero-order chi connectivity index (χ0) is 25.0. The lowest BCUT2D eigenvalue weighted by Gasteiger charge is -2.29. The number of nitrogens with zero attached hydrogens (tertiary/aromatic N) is 4. The van der Waals surface area contributed by atoms with E-state index < -0.39 is 17.8 Å². The van der Waals surface area contributed by atoms with E-state index in [1.54, 1.807) is 36.1 Å². The van der Waals surface area contributed by atoms with Gasteiger partial charge >= 0.3 is 6.18 Å². The largest absolute Gasteiger partial charge is 0.492 e. The van der Waals surface area contributed by atoms with Crippen molar-refractivity contribution in [2.75, 3.05) is 31.6 Å². The fourth-order valence-electron chi connectivity index (χ4n) is 3.90. The molecule has 3 heterocycles. The van der Waals surface area contributed by atoms with Crippen LogP contribution >= 0.6 is 0 Å². The van der Waals surface area contributed by atoms with Gasteiger partial charge in [-0.15, -0.1) is 0 Å². The third kappa shape index (κ3) is 6.17. The van der Waals surface area contributed by atoms with E-state index in [1.807, 2.05) is 6.07 Å². The Morgan fingerprint density at radius 1 is 1.20 bits per heavy atom. The lowest BCUT2D eigenvalue weighted by molar-refractivity contribution is -0.141. The number of hydrogen-bond donors (Lipinski definition) is 2. The number of amides is 1. The van der Waals surface area contributed by atoms with Crippen LogP contribution in [0.5, 0.6) is 5.75 Å². The molecule has 4 rings (SSSR count). The van der Waals surface area contributed by atoms with E-state index in [1.165, 1.54) is 0 Å². The number of rotatable bonds is 7. The predicted octanol–water partition coefficient (Wildman–Crippen LogP) is 3.59. The van der Waals surface area contributed by atoms with Crippen LogP contribution in [-0.4, -0.2) is 63.0 Å². The number of likely N-dealkylation sites (tertiary alicyclic amines) is 1. The summed E-state index contributed by atoms with van der Waals surface area (Å²) in [6.07, 6.45) is -0.747. The first-order valence-electron chi connectivity index (χ1n) is 11.2. The second kappa shape index (κ2) is 10.4. The van der Waals surface area contributed by atoms with Gasteiger partial charge in [-0.2, -0.15) is 18.3 Å². The molecule has 1 aromatic carbocycles. The maximum absolute atomic E-state index is 12.7. The molecule has 0 spiro atoms. The molecule has 0 aliphatic carbocycles. The Bertz CT molecular complexity index is 1160. The highest BCUT2D eigenvalue weighted by Crippen LogP contribution is 2.33. The van der Waals surface area contributed by atoms with Crippen LogP contribution in [0.4, 0.5) is 18.9 Å². The van der Waals surface area contributed by atoms with Crippen molar-refractivity contribution in [2.45, 2.75) is 25.1 Å². The molecule has 1 aliphatic heterocycles. The van der Waals surface area contributed by atoms with E-state index in [0.29, 0.717) is 23.6 Å². The van der Waals surface area contributed by atoms with Crippen molar-refractivity contribution in [1.82, 2.24) is 19.7 Å². The van der Waals surface area contributed by atoms with E-state index in [-0.39, 0.29) is 11.7 Å². The summed E-state index contributed by atoms with van der Waals surface area (Å²) < 4.78 is 45.9. The summed E-state index contributed by atoms with van der Waals surface area (Å²) >= 11 is 0. The van der Waals surface area contributed by atoms with Crippen LogP contribution in [0.1, 0.15) is 28.9 Å². The van der Waals surface area contributed by atoms with Crippen molar-refractivity contribution in [2.24, 2.45) is 7.05 Å². The predicted molar refractivity (Wildman–Crippen MR) is 123 cm³/mol. The molecule has 0 saturated carbocycles. The Balaban J connectivity index is 1.48. The first kappa shape index (κ1) is 24.7. The molecule has 2 N–H and O–H groups in total. The van der Waals surface area contributed by atoms with Gasteiger partial charge in [0, 0.05) is 50.3 Å². The number of benzene rings is 1. The van der Waals surface area contributed by atoms with E-state index in [0.717, 1.165) is 56.5 Å². The average Bonchev–Trinajstić information content (AvgIpc) is 3.26. The van der Waals surface area contributed by atoms with Gasteiger partial charge in [0.2, 0.25) is 0 Å². The normalized spacial score (nSPS) is 15.2. The lowest BCUT2D eigenvalue weighted by atomic mass is 10.1. The molecule has 0 unspecified atom stereocenters. The number of piperidine rings is 1. The molecular weight excluding hydrogens is 463 g/mol. The number of ether oxygens (including phenoxy) is 1. The molecule has 1 aliphatic rings. The smallest absolute Gasteiger partial charge is 0.433 e. The minimum atomic E-state index is -4.57. The van der Waals surface area contributed by atoms with Crippen LogP contribution in [0.2, 0.25) is 0 Å². The summed E-state index contributed by atoms with van der Waals surface area (Å²) in [5.74, 6) is 0.0305. The van der Waals surface area contributed by atoms with Gasteiger partial charge in [0.1, 0.15) is 18.1 Å². The number of hydrogen-bond acceptors (Lipinski definition) is 6. The summed E-state index contributed by atoms with van der Waals surface area (Å²) in [5.41, 5.74) is 0.876. The van der Waals surface area contributed by atoms with Crippen LogP contribution in [-0.2, 0) is 13.2 Å². The number of aryl methyl sites for hydroxylation is 1.